The molecular formula is C16H27NOS. The van der Waals surface area contributed by atoms with E-state index >= 15 is 0 Å². The molecule has 1 unspecified atom stereocenters. The maximum Gasteiger partial charge on any atom is 0.124 e. The molecule has 1 aromatic rings. The molecule has 108 valence electrons. The Kier molecular flexibility index (Phi) is 5.75. The van der Waals surface area contributed by atoms with Gasteiger partial charge in [-0.05, 0) is 38.1 Å². The predicted molar refractivity (Wildman–Crippen MR) is 86.5 cm³/mol. The van der Waals surface area contributed by atoms with Gasteiger partial charge in [-0.25, -0.2) is 0 Å². The summed E-state index contributed by atoms with van der Waals surface area (Å²) in [6, 6.07) is 4.66. The lowest BCUT2D eigenvalue weighted by atomic mass is 9.99. The minimum absolute atomic E-state index is 0.279. The van der Waals surface area contributed by atoms with Crippen molar-refractivity contribution in [1.82, 2.24) is 5.32 Å². The molecule has 3 heteroatoms. The Morgan fingerprint density at radius 3 is 2.37 bits per heavy atom. The molecule has 0 aliphatic heterocycles. The van der Waals surface area contributed by atoms with Gasteiger partial charge in [-0.1, -0.05) is 26.8 Å². The Labute approximate surface area is 122 Å². The van der Waals surface area contributed by atoms with E-state index in [0.29, 0.717) is 6.04 Å². The Morgan fingerprint density at radius 1 is 1.26 bits per heavy atom. The summed E-state index contributed by atoms with van der Waals surface area (Å²) in [5, 5.41) is 3.43. The Hall–Kier alpha value is -0.670. The van der Waals surface area contributed by atoms with Crippen LogP contribution in [-0.4, -0.2) is 24.7 Å². The lowest BCUT2D eigenvalue weighted by Gasteiger charge is -2.25. The maximum atomic E-state index is 5.57. The van der Waals surface area contributed by atoms with Gasteiger partial charge < -0.3 is 10.1 Å². The number of aryl methyl sites for hydroxylation is 2. The number of nitrogens with one attached hydrogen (secondary N) is 1. The molecule has 0 heterocycles. The first-order valence-corrected chi connectivity index (χ1v) is 7.73. The highest BCUT2D eigenvalue weighted by Crippen LogP contribution is 2.34. The second-order valence-electron chi connectivity index (χ2n) is 5.96. The van der Waals surface area contributed by atoms with E-state index in [1.807, 2.05) is 18.8 Å². The van der Waals surface area contributed by atoms with Crippen LogP contribution in [0.15, 0.2) is 12.1 Å². The molecule has 2 nitrogen and oxygen atoms in total. The van der Waals surface area contributed by atoms with Gasteiger partial charge in [0.1, 0.15) is 5.75 Å². The van der Waals surface area contributed by atoms with E-state index in [4.69, 9.17) is 4.74 Å². The van der Waals surface area contributed by atoms with Crippen LogP contribution in [0, 0.1) is 13.8 Å². The molecule has 1 atom stereocenters. The topological polar surface area (TPSA) is 21.3 Å². The summed E-state index contributed by atoms with van der Waals surface area (Å²) in [7, 11) is 3.77. The smallest absolute Gasteiger partial charge is 0.124 e. The van der Waals surface area contributed by atoms with Gasteiger partial charge in [-0.2, -0.15) is 11.8 Å². The van der Waals surface area contributed by atoms with Gasteiger partial charge in [0.15, 0.2) is 0 Å². The highest BCUT2D eigenvalue weighted by molar-refractivity contribution is 8.00. The summed E-state index contributed by atoms with van der Waals surface area (Å²) in [6.07, 6.45) is 0. The van der Waals surface area contributed by atoms with Crippen LogP contribution in [0.3, 0.4) is 0 Å². The van der Waals surface area contributed by atoms with Crippen molar-refractivity contribution in [2.24, 2.45) is 0 Å². The van der Waals surface area contributed by atoms with E-state index in [1.165, 1.54) is 16.7 Å². The number of hydrogen-bond acceptors (Lipinski definition) is 3. The van der Waals surface area contributed by atoms with Crippen molar-refractivity contribution in [3.8, 4) is 5.75 Å². The molecule has 1 aromatic carbocycles. The van der Waals surface area contributed by atoms with E-state index in [2.05, 4.69) is 52.1 Å². The zero-order chi connectivity index (χ0) is 14.6. The molecule has 0 fully saturated rings. The molecule has 0 aromatic heterocycles. The van der Waals surface area contributed by atoms with Gasteiger partial charge in [0, 0.05) is 22.1 Å². The molecular weight excluding hydrogens is 254 g/mol. The van der Waals surface area contributed by atoms with E-state index < -0.39 is 0 Å². The molecule has 0 aliphatic carbocycles. The summed E-state index contributed by atoms with van der Waals surface area (Å²) in [5.41, 5.74) is 3.83. The predicted octanol–water partition coefficient (Wildman–Crippen LogP) is 4.10. The van der Waals surface area contributed by atoms with Gasteiger partial charge in [-0.15, -0.1) is 0 Å². The molecule has 0 aliphatic rings. The zero-order valence-electron chi connectivity index (χ0n) is 13.3. The van der Waals surface area contributed by atoms with Crippen LogP contribution in [-0.2, 0) is 0 Å². The highest BCUT2D eigenvalue weighted by Gasteiger charge is 2.20. The fourth-order valence-corrected chi connectivity index (χ4v) is 3.20. The molecule has 19 heavy (non-hydrogen) atoms. The van der Waals surface area contributed by atoms with Gasteiger partial charge in [0.25, 0.3) is 0 Å². The quantitative estimate of drug-likeness (QED) is 0.878. The Morgan fingerprint density at radius 2 is 1.89 bits per heavy atom. The van der Waals surface area contributed by atoms with Crippen molar-refractivity contribution in [3.05, 3.63) is 28.8 Å². The van der Waals surface area contributed by atoms with Crippen LogP contribution < -0.4 is 10.1 Å². The maximum absolute atomic E-state index is 5.57. The van der Waals surface area contributed by atoms with Crippen LogP contribution in [0.1, 0.15) is 43.5 Å². The number of benzene rings is 1. The second kappa shape index (κ2) is 6.67. The van der Waals surface area contributed by atoms with E-state index in [1.54, 1.807) is 7.11 Å². The van der Waals surface area contributed by atoms with Crippen LogP contribution in [0.2, 0.25) is 0 Å². The van der Waals surface area contributed by atoms with Crippen molar-refractivity contribution < 1.29 is 4.74 Å². The van der Waals surface area contributed by atoms with Crippen LogP contribution in [0.4, 0.5) is 0 Å². The Bertz CT molecular complexity index is 423. The minimum Gasteiger partial charge on any atom is -0.496 e. The first-order valence-electron chi connectivity index (χ1n) is 6.75. The fraction of sp³-hybridized carbons (Fsp3) is 0.625. The fourth-order valence-electron chi connectivity index (χ4n) is 2.20. The average Bonchev–Trinajstić information content (AvgIpc) is 2.29. The summed E-state index contributed by atoms with van der Waals surface area (Å²) >= 11 is 1.98. The number of ether oxygens (including phenoxy) is 1. The SMILES string of the molecule is CNC(CSC(C)(C)C)c1c(C)cc(C)cc1OC. The van der Waals surface area contributed by atoms with Gasteiger partial charge in [-0.3, -0.25) is 0 Å². The van der Waals surface area contributed by atoms with Crippen molar-refractivity contribution in [1.29, 1.82) is 0 Å². The zero-order valence-corrected chi connectivity index (χ0v) is 14.1. The van der Waals surface area contributed by atoms with E-state index in [0.717, 1.165) is 11.5 Å². The number of rotatable bonds is 5. The van der Waals surface area contributed by atoms with Crippen LogP contribution in [0.25, 0.3) is 0 Å². The third-order valence-electron chi connectivity index (χ3n) is 3.09. The second-order valence-corrected chi connectivity index (χ2v) is 7.81. The van der Waals surface area contributed by atoms with Gasteiger partial charge >= 0.3 is 0 Å². The molecule has 1 N–H and O–H groups in total. The normalized spacial score (nSPS) is 13.4. The van der Waals surface area contributed by atoms with E-state index in [-0.39, 0.29) is 4.75 Å². The van der Waals surface area contributed by atoms with Gasteiger partial charge in [0.2, 0.25) is 0 Å². The third-order valence-corrected chi connectivity index (χ3v) is 4.46. The summed E-state index contributed by atoms with van der Waals surface area (Å²) in [6.45, 7) is 11.0. The monoisotopic (exact) mass is 281 g/mol. The molecule has 0 saturated heterocycles. The number of methoxy groups -OCH3 is 1. The van der Waals surface area contributed by atoms with Gasteiger partial charge in [0.05, 0.1) is 7.11 Å². The van der Waals surface area contributed by atoms with Crippen LogP contribution >= 0.6 is 11.8 Å². The summed E-state index contributed by atoms with van der Waals surface area (Å²) in [4.78, 5) is 0. The lowest BCUT2D eigenvalue weighted by Crippen LogP contribution is -2.23. The van der Waals surface area contributed by atoms with Crippen molar-refractivity contribution in [3.63, 3.8) is 0 Å². The standard InChI is InChI=1S/C16H27NOS/c1-11-8-12(2)15(14(9-11)18-7)13(17-6)10-19-16(3,4)5/h8-9,13,17H,10H2,1-7H3. The van der Waals surface area contributed by atoms with Crippen molar-refractivity contribution in [2.75, 3.05) is 19.9 Å². The highest BCUT2D eigenvalue weighted by atomic mass is 32.2. The molecule has 0 spiro atoms. The first-order chi connectivity index (χ1) is 8.78. The molecule has 0 bridgehead atoms. The number of hydrogen-bond donors (Lipinski definition) is 1. The Balaban J connectivity index is 3.04. The van der Waals surface area contributed by atoms with Crippen LogP contribution in [0.5, 0.6) is 5.75 Å². The number of thioether (sulfide) groups is 1. The minimum atomic E-state index is 0.279. The molecule has 1 rings (SSSR count). The summed E-state index contributed by atoms with van der Waals surface area (Å²) < 4.78 is 5.85. The van der Waals surface area contributed by atoms with Crippen molar-refractivity contribution >= 4 is 11.8 Å². The average molecular weight is 281 g/mol. The molecule has 0 radical (unpaired) electrons. The lowest BCUT2D eigenvalue weighted by molar-refractivity contribution is 0.403. The van der Waals surface area contributed by atoms with Crippen molar-refractivity contribution in [2.45, 2.75) is 45.4 Å². The largest absolute Gasteiger partial charge is 0.496 e. The molecule has 0 amide bonds. The first kappa shape index (κ1) is 16.4. The summed E-state index contributed by atoms with van der Waals surface area (Å²) in [5.74, 6) is 2.03. The molecule has 0 saturated carbocycles. The third kappa shape index (κ3) is 4.73. The van der Waals surface area contributed by atoms with E-state index in [9.17, 15) is 0 Å².